The number of halogens is 1. The summed E-state index contributed by atoms with van der Waals surface area (Å²) in [4.78, 5) is 4.47. The molecule has 96 valence electrons. The minimum absolute atomic E-state index is 0.307. The summed E-state index contributed by atoms with van der Waals surface area (Å²) < 4.78 is 11.9. The van der Waals surface area contributed by atoms with Gasteiger partial charge in [0.05, 0.1) is 22.0 Å². The normalized spacial score (nSPS) is 13.1. The second-order valence-corrected chi connectivity index (χ2v) is 6.25. The standard InChI is InChI=1S/C13H9BrN2O2S/c14-12-9(3-4-15)16-13(19-12)8-1-2-10-11(7-8)18-6-5-17-10/h1-2,7H,3,5-6H2. The number of benzene rings is 1. The van der Waals surface area contributed by atoms with E-state index in [0.717, 1.165) is 31.6 Å². The molecule has 0 radical (unpaired) electrons. The van der Waals surface area contributed by atoms with E-state index in [1.54, 1.807) is 0 Å². The predicted molar refractivity (Wildman–Crippen MR) is 75.6 cm³/mol. The van der Waals surface area contributed by atoms with Gasteiger partial charge in [0.1, 0.15) is 18.2 Å². The SMILES string of the molecule is N#CCc1nc(-c2ccc3c(c2)OCCO3)sc1Br. The van der Waals surface area contributed by atoms with E-state index in [4.69, 9.17) is 14.7 Å². The molecular weight excluding hydrogens is 328 g/mol. The Hall–Kier alpha value is -1.58. The molecule has 0 saturated carbocycles. The largest absolute Gasteiger partial charge is 0.486 e. The monoisotopic (exact) mass is 336 g/mol. The zero-order chi connectivity index (χ0) is 13.2. The van der Waals surface area contributed by atoms with Crippen LogP contribution in [0.15, 0.2) is 22.0 Å². The Balaban J connectivity index is 1.98. The lowest BCUT2D eigenvalue weighted by Crippen LogP contribution is -2.15. The van der Waals surface area contributed by atoms with Gasteiger partial charge in [0.2, 0.25) is 0 Å². The van der Waals surface area contributed by atoms with Gasteiger partial charge in [-0.25, -0.2) is 4.98 Å². The maximum Gasteiger partial charge on any atom is 0.162 e. The first-order chi connectivity index (χ1) is 9.28. The fourth-order valence-corrected chi connectivity index (χ4v) is 3.31. The van der Waals surface area contributed by atoms with Gasteiger partial charge in [-0.2, -0.15) is 5.26 Å². The number of nitrogens with zero attached hydrogens (tertiary/aromatic N) is 2. The summed E-state index contributed by atoms with van der Waals surface area (Å²) in [6.07, 6.45) is 0.307. The second-order valence-electron chi connectivity index (χ2n) is 3.93. The Morgan fingerprint density at radius 1 is 1.32 bits per heavy atom. The van der Waals surface area contributed by atoms with E-state index in [1.165, 1.54) is 11.3 Å². The van der Waals surface area contributed by atoms with Gasteiger partial charge in [0, 0.05) is 5.56 Å². The lowest BCUT2D eigenvalue weighted by molar-refractivity contribution is 0.171. The molecule has 1 aromatic heterocycles. The van der Waals surface area contributed by atoms with E-state index in [1.807, 2.05) is 18.2 Å². The van der Waals surface area contributed by atoms with E-state index < -0.39 is 0 Å². The van der Waals surface area contributed by atoms with E-state index in [0.29, 0.717) is 19.6 Å². The molecule has 0 bridgehead atoms. The third-order valence-electron chi connectivity index (χ3n) is 2.69. The molecule has 0 unspecified atom stereocenters. The van der Waals surface area contributed by atoms with E-state index >= 15 is 0 Å². The lowest BCUT2D eigenvalue weighted by Gasteiger charge is -2.18. The molecule has 1 aliphatic heterocycles. The smallest absolute Gasteiger partial charge is 0.162 e. The highest BCUT2D eigenvalue weighted by Gasteiger charge is 2.15. The van der Waals surface area contributed by atoms with Crippen molar-refractivity contribution in [2.75, 3.05) is 13.2 Å². The van der Waals surface area contributed by atoms with Crippen LogP contribution in [0.1, 0.15) is 5.69 Å². The Bertz CT molecular complexity index is 663. The van der Waals surface area contributed by atoms with Gasteiger partial charge in [-0.05, 0) is 34.1 Å². The molecule has 1 aromatic carbocycles. The number of hydrogen-bond acceptors (Lipinski definition) is 5. The molecule has 0 fully saturated rings. The highest BCUT2D eigenvalue weighted by molar-refractivity contribution is 9.11. The number of hydrogen-bond donors (Lipinski definition) is 0. The van der Waals surface area contributed by atoms with Gasteiger partial charge in [-0.1, -0.05) is 0 Å². The minimum atomic E-state index is 0.307. The Labute approximate surface area is 122 Å². The molecule has 19 heavy (non-hydrogen) atoms. The molecule has 0 atom stereocenters. The van der Waals surface area contributed by atoms with Gasteiger partial charge in [0.25, 0.3) is 0 Å². The second kappa shape index (κ2) is 5.19. The Morgan fingerprint density at radius 3 is 2.89 bits per heavy atom. The average Bonchev–Trinajstić information content (AvgIpc) is 2.80. The Kier molecular flexibility index (Phi) is 3.40. The van der Waals surface area contributed by atoms with Gasteiger partial charge in [-0.15, -0.1) is 11.3 Å². The van der Waals surface area contributed by atoms with E-state index in [2.05, 4.69) is 27.0 Å². The van der Waals surface area contributed by atoms with Crippen molar-refractivity contribution >= 4 is 27.3 Å². The molecule has 3 rings (SSSR count). The summed E-state index contributed by atoms with van der Waals surface area (Å²) in [6, 6.07) is 7.88. The molecule has 4 nitrogen and oxygen atoms in total. The van der Waals surface area contributed by atoms with Crippen LogP contribution in [0.2, 0.25) is 0 Å². The first-order valence-corrected chi connectivity index (χ1v) is 7.31. The van der Waals surface area contributed by atoms with Crippen molar-refractivity contribution in [2.24, 2.45) is 0 Å². The summed E-state index contributed by atoms with van der Waals surface area (Å²) in [5.41, 5.74) is 1.75. The first-order valence-electron chi connectivity index (χ1n) is 5.70. The zero-order valence-corrected chi connectivity index (χ0v) is 12.3. The first kappa shape index (κ1) is 12.5. The van der Waals surface area contributed by atoms with Crippen molar-refractivity contribution in [3.63, 3.8) is 0 Å². The van der Waals surface area contributed by atoms with Crippen molar-refractivity contribution in [3.8, 4) is 28.1 Å². The molecule has 0 spiro atoms. The third kappa shape index (κ3) is 2.44. The van der Waals surface area contributed by atoms with Crippen LogP contribution in [-0.2, 0) is 6.42 Å². The minimum Gasteiger partial charge on any atom is -0.486 e. The van der Waals surface area contributed by atoms with Crippen LogP contribution in [0.3, 0.4) is 0 Å². The molecule has 0 N–H and O–H groups in total. The van der Waals surface area contributed by atoms with Crippen LogP contribution in [0.25, 0.3) is 10.6 Å². The molecule has 2 heterocycles. The number of nitriles is 1. The van der Waals surface area contributed by atoms with Crippen molar-refractivity contribution in [1.29, 1.82) is 5.26 Å². The van der Waals surface area contributed by atoms with Crippen LogP contribution in [0.4, 0.5) is 0 Å². The summed E-state index contributed by atoms with van der Waals surface area (Å²) in [7, 11) is 0. The fourth-order valence-electron chi connectivity index (χ4n) is 1.82. The van der Waals surface area contributed by atoms with Crippen LogP contribution in [-0.4, -0.2) is 18.2 Å². The zero-order valence-electron chi connectivity index (χ0n) is 9.85. The van der Waals surface area contributed by atoms with Gasteiger partial charge < -0.3 is 9.47 Å². The fraction of sp³-hybridized carbons (Fsp3) is 0.231. The molecule has 0 aliphatic carbocycles. The quantitative estimate of drug-likeness (QED) is 0.843. The van der Waals surface area contributed by atoms with Crippen LogP contribution < -0.4 is 9.47 Å². The molecular formula is C13H9BrN2O2S. The molecule has 1 aliphatic rings. The van der Waals surface area contributed by atoms with Gasteiger partial charge >= 0.3 is 0 Å². The van der Waals surface area contributed by atoms with E-state index in [-0.39, 0.29) is 0 Å². The summed E-state index contributed by atoms with van der Waals surface area (Å²) in [6.45, 7) is 1.15. The number of aromatic nitrogens is 1. The molecule has 0 saturated heterocycles. The average molecular weight is 337 g/mol. The highest BCUT2D eigenvalue weighted by atomic mass is 79.9. The molecule has 2 aromatic rings. The van der Waals surface area contributed by atoms with Crippen molar-refractivity contribution < 1.29 is 9.47 Å². The number of thiazole rings is 1. The van der Waals surface area contributed by atoms with Gasteiger partial charge in [-0.3, -0.25) is 0 Å². The predicted octanol–water partition coefficient (Wildman–Crippen LogP) is 3.41. The maximum atomic E-state index is 8.74. The summed E-state index contributed by atoms with van der Waals surface area (Å²) in [5, 5.41) is 9.61. The Morgan fingerprint density at radius 2 is 2.11 bits per heavy atom. The molecule has 6 heteroatoms. The van der Waals surface area contributed by atoms with Gasteiger partial charge in [0.15, 0.2) is 11.5 Å². The number of ether oxygens (including phenoxy) is 2. The van der Waals surface area contributed by atoms with Crippen LogP contribution in [0, 0.1) is 11.3 Å². The summed E-state index contributed by atoms with van der Waals surface area (Å²) >= 11 is 4.96. The third-order valence-corrected chi connectivity index (χ3v) is 4.56. The van der Waals surface area contributed by atoms with Crippen LogP contribution >= 0.6 is 27.3 Å². The van der Waals surface area contributed by atoms with Crippen LogP contribution in [0.5, 0.6) is 11.5 Å². The molecule has 0 amide bonds. The topological polar surface area (TPSA) is 55.1 Å². The maximum absolute atomic E-state index is 8.74. The number of fused-ring (bicyclic) bond motifs is 1. The lowest BCUT2D eigenvalue weighted by atomic mass is 10.2. The van der Waals surface area contributed by atoms with Crippen molar-refractivity contribution in [1.82, 2.24) is 4.98 Å². The van der Waals surface area contributed by atoms with Crippen molar-refractivity contribution in [3.05, 3.63) is 27.7 Å². The van der Waals surface area contributed by atoms with Crippen molar-refractivity contribution in [2.45, 2.75) is 6.42 Å². The number of rotatable bonds is 2. The van der Waals surface area contributed by atoms with E-state index in [9.17, 15) is 0 Å². The highest BCUT2D eigenvalue weighted by Crippen LogP contribution is 2.37. The summed E-state index contributed by atoms with van der Waals surface area (Å²) in [5.74, 6) is 1.51.